The molecular formula is C23H21BrF3N7O2S. The Morgan fingerprint density at radius 3 is 2.57 bits per heavy atom. The Morgan fingerprint density at radius 1 is 1.11 bits per heavy atom. The number of nitrogens with one attached hydrogen (secondary N) is 1. The minimum absolute atomic E-state index is 0.0199. The van der Waals surface area contributed by atoms with Gasteiger partial charge in [-0.05, 0) is 40.9 Å². The van der Waals surface area contributed by atoms with Crippen LogP contribution >= 0.6 is 15.9 Å². The maximum Gasteiger partial charge on any atom is 0.420 e. The zero-order valence-electron chi connectivity index (χ0n) is 19.4. The highest BCUT2D eigenvalue weighted by Gasteiger charge is 2.36. The van der Waals surface area contributed by atoms with Crippen molar-refractivity contribution in [1.82, 2.24) is 28.8 Å². The summed E-state index contributed by atoms with van der Waals surface area (Å²) in [6.07, 6.45) is 2.71. The van der Waals surface area contributed by atoms with E-state index in [4.69, 9.17) is 0 Å². The van der Waals surface area contributed by atoms with E-state index in [2.05, 4.69) is 41.2 Å². The fourth-order valence-corrected chi connectivity index (χ4v) is 5.79. The van der Waals surface area contributed by atoms with Crippen LogP contribution in [0.15, 0.2) is 53.7 Å². The van der Waals surface area contributed by atoms with Crippen LogP contribution in [0.2, 0.25) is 0 Å². The lowest BCUT2D eigenvalue weighted by Crippen LogP contribution is -2.42. The average Bonchev–Trinajstić information content (AvgIpc) is 3.33. The number of nitrogens with zero attached hydrogens (tertiary/aromatic N) is 6. The molecule has 0 bridgehead atoms. The molecule has 37 heavy (non-hydrogen) atoms. The van der Waals surface area contributed by atoms with Gasteiger partial charge < -0.3 is 9.88 Å². The van der Waals surface area contributed by atoms with Crippen LogP contribution in [0.5, 0.6) is 0 Å². The van der Waals surface area contributed by atoms with Gasteiger partial charge in [-0.15, -0.1) is 0 Å². The number of pyridine rings is 1. The van der Waals surface area contributed by atoms with E-state index in [9.17, 15) is 21.6 Å². The molecule has 0 atom stereocenters. The number of imidazole rings is 1. The Balaban J connectivity index is 1.45. The molecule has 1 saturated heterocycles. The van der Waals surface area contributed by atoms with E-state index in [1.54, 1.807) is 10.8 Å². The monoisotopic (exact) mass is 595 g/mol. The molecule has 1 aliphatic heterocycles. The highest BCUT2D eigenvalue weighted by atomic mass is 79.9. The first-order chi connectivity index (χ1) is 17.5. The molecule has 0 amide bonds. The molecular weight excluding hydrogens is 575 g/mol. The van der Waals surface area contributed by atoms with Crippen LogP contribution in [0.1, 0.15) is 18.4 Å². The van der Waals surface area contributed by atoms with Gasteiger partial charge in [-0.2, -0.15) is 13.2 Å². The van der Waals surface area contributed by atoms with Crippen LogP contribution in [0.25, 0.3) is 28.0 Å². The summed E-state index contributed by atoms with van der Waals surface area (Å²) in [5, 5.41) is 3.96. The van der Waals surface area contributed by atoms with E-state index < -0.39 is 21.8 Å². The van der Waals surface area contributed by atoms with E-state index in [0.717, 1.165) is 17.8 Å². The van der Waals surface area contributed by atoms with Gasteiger partial charge in [0.25, 0.3) is 0 Å². The second-order valence-corrected chi connectivity index (χ2v) is 11.4. The summed E-state index contributed by atoms with van der Waals surface area (Å²) >= 11 is 3.55. The molecule has 9 nitrogen and oxygen atoms in total. The molecule has 3 aromatic heterocycles. The molecule has 1 N–H and O–H groups in total. The van der Waals surface area contributed by atoms with Crippen molar-refractivity contribution < 1.29 is 21.6 Å². The first-order valence-corrected chi connectivity index (χ1v) is 13.9. The molecule has 1 aromatic carbocycles. The third-order valence-electron chi connectivity index (χ3n) is 6.15. The Bertz CT molecular complexity index is 1570. The number of alkyl halides is 3. The van der Waals surface area contributed by atoms with E-state index in [1.807, 2.05) is 24.3 Å². The van der Waals surface area contributed by atoms with Crippen molar-refractivity contribution in [1.29, 1.82) is 0 Å². The standard InChI is InChI=1S/C23H21BrF3N7O2S/c1-37(35,36)34-9-6-15(7-10-34)31-22-29-11-16(23(25,26)27)21(32-22)17-12-33(13-30-17)18-5-4-14-3-2-8-28-20(14)19(18)24/h2-5,8,11-13,15H,6-7,9-10H2,1H3,(H,29,31,32). The molecule has 0 unspecified atom stereocenters. The highest BCUT2D eigenvalue weighted by Crippen LogP contribution is 2.36. The first kappa shape index (κ1) is 25.5. The van der Waals surface area contributed by atoms with Crippen LogP contribution in [0.3, 0.4) is 0 Å². The van der Waals surface area contributed by atoms with Crippen LogP contribution in [-0.4, -0.2) is 62.6 Å². The number of anilines is 1. The fraction of sp³-hybridized carbons (Fsp3) is 0.304. The van der Waals surface area contributed by atoms with Crippen molar-refractivity contribution in [2.75, 3.05) is 24.7 Å². The third kappa shape index (κ3) is 5.31. The van der Waals surface area contributed by atoms with Crippen molar-refractivity contribution in [2.45, 2.75) is 25.1 Å². The lowest BCUT2D eigenvalue weighted by atomic mass is 10.1. The number of hydrogen-bond donors (Lipinski definition) is 1. The molecule has 1 aliphatic rings. The van der Waals surface area contributed by atoms with E-state index in [1.165, 1.54) is 16.8 Å². The minimum Gasteiger partial charge on any atom is -0.351 e. The van der Waals surface area contributed by atoms with Gasteiger partial charge in [0.05, 0.1) is 21.9 Å². The lowest BCUT2D eigenvalue weighted by Gasteiger charge is -2.30. The number of fused-ring (bicyclic) bond motifs is 1. The Labute approximate surface area is 219 Å². The molecule has 0 spiro atoms. The molecule has 0 radical (unpaired) electrons. The highest BCUT2D eigenvalue weighted by molar-refractivity contribution is 9.10. The van der Waals surface area contributed by atoms with Gasteiger partial charge in [-0.3, -0.25) is 4.98 Å². The number of hydrogen-bond acceptors (Lipinski definition) is 7. The average molecular weight is 596 g/mol. The van der Waals surface area contributed by atoms with Crippen LogP contribution in [-0.2, 0) is 16.2 Å². The van der Waals surface area contributed by atoms with Crippen molar-refractivity contribution in [3.63, 3.8) is 0 Å². The molecule has 4 heterocycles. The first-order valence-electron chi connectivity index (χ1n) is 11.2. The molecule has 0 saturated carbocycles. The molecule has 4 aromatic rings. The summed E-state index contributed by atoms with van der Waals surface area (Å²) < 4.78 is 68.6. The number of benzene rings is 1. The van der Waals surface area contributed by atoms with Gasteiger partial charge >= 0.3 is 6.18 Å². The van der Waals surface area contributed by atoms with Gasteiger partial charge in [0.1, 0.15) is 23.3 Å². The van der Waals surface area contributed by atoms with Crippen molar-refractivity contribution in [3.8, 4) is 17.1 Å². The molecule has 5 rings (SSSR count). The fourth-order valence-electron chi connectivity index (χ4n) is 4.24. The minimum atomic E-state index is -4.69. The number of halogens is 4. The van der Waals surface area contributed by atoms with Gasteiger partial charge in [0.2, 0.25) is 16.0 Å². The van der Waals surface area contributed by atoms with Crippen LogP contribution in [0, 0.1) is 0 Å². The summed E-state index contributed by atoms with van der Waals surface area (Å²) in [4.78, 5) is 16.6. The second-order valence-electron chi connectivity index (χ2n) is 8.67. The summed E-state index contributed by atoms with van der Waals surface area (Å²) in [6.45, 7) is 0.619. The van der Waals surface area contributed by atoms with Gasteiger partial charge in [-0.25, -0.2) is 27.7 Å². The summed E-state index contributed by atoms with van der Waals surface area (Å²) in [5.41, 5.74) is 0.0321. The number of rotatable bonds is 5. The number of piperidine rings is 1. The summed E-state index contributed by atoms with van der Waals surface area (Å²) in [7, 11) is -3.29. The lowest BCUT2D eigenvalue weighted by molar-refractivity contribution is -0.137. The quantitative estimate of drug-likeness (QED) is 0.362. The summed E-state index contributed by atoms with van der Waals surface area (Å²) in [6, 6.07) is 7.23. The van der Waals surface area contributed by atoms with Crippen molar-refractivity contribution >= 4 is 42.8 Å². The normalized spacial score (nSPS) is 15.8. The molecule has 1 fully saturated rings. The predicted molar refractivity (Wildman–Crippen MR) is 136 cm³/mol. The molecule has 194 valence electrons. The van der Waals surface area contributed by atoms with Crippen LogP contribution < -0.4 is 5.32 Å². The Morgan fingerprint density at radius 2 is 1.86 bits per heavy atom. The van der Waals surface area contributed by atoms with E-state index in [0.29, 0.717) is 41.6 Å². The number of aromatic nitrogens is 5. The molecule has 0 aliphatic carbocycles. The zero-order valence-corrected chi connectivity index (χ0v) is 21.8. The predicted octanol–water partition coefficient (Wildman–Crippen LogP) is 4.49. The Hall–Kier alpha value is -3.10. The van der Waals surface area contributed by atoms with Gasteiger partial charge in [0.15, 0.2) is 0 Å². The topological polar surface area (TPSA) is 106 Å². The van der Waals surface area contributed by atoms with E-state index >= 15 is 0 Å². The Kier molecular flexibility index (Phi) is 6.66. The largest absolute Gasteiger partial charge is 0.420 e. The van der Waals surface area contributed by atoms with Gasteiger partial charge in [0, 0.05) is 43.1 Å². The summed E-state index contributed by atoms with van der Waals surface area (Å²) in [5.74, 6) is 0.0199. The van der Waals surface area contributed by atoms with E-state index in [-0.39, 0.29) is 23.4 Å². The van der Waals surface area contributed by atoms with Gasteiger partial charge in [-0.1, -0.05) is 12.1 Å². The molecule has 14 heteroatoms. The van der Waals surface area contributed by atoms with Crippen LogP contribution in [0.4, 0.5) is 19.1 Å². The van der Waals surface area contributed by atoms with Crippen molar-refractivity contribution in [2.24, 2.45) is 0 Å². The second kappa shape index (κ2) is 9.65. The maximum absolute atomic E-state index is 13.8. The maximum atomic E-state index is 13.8. The SMILES string of the molecule is CS(=O)(=O)N1CCC(Nc2ncc(C(F)(F)F)c(-c3cn(-c4ccc5cccnc5c4Br)cn3)n2)CC1. The zero-order chi connectivity index (χ0) is 26.4. The smallest absolute Gasteiger partial charge is 0.351 e. The van der Waals surface area contributed by atoms with Crippen molar-refractivity contribution in [3.05, 3.63) is 59.2 Å². The third-order valence-corrected chi connectivity index (χ3v) is 8.23. The number of sulfonamides is 1.